The number of aliphatic hydroxyl groups is 1. The van der Waals surface area contributed by atoms with E-state index in [4.69, 9.17) is 0 Å². The number of hydrogen-bond acceptors (Lipinski definition) is 3. The first-order valence-corrected chi connectivity index (χ1v) is 7.28. The van der Waals surface area contributed by atoms with Crippen molar-refractivity contribution < 1.29 is 14.7 Å². The van der Waals surface area contributed by atoms with E-state index in [0.717, 1.165) is 10.9 Å². The summed E-state index contributed by atoms with van der Waals surface area (Å²) in [4.78, 5) is 29.4. The van der Waals surface area contributed by atoms with Crippen LogP contribution in [0, 0.1) is 0 Å². The third kappa shape index (κ3) is 1.65. The number of benzene rings is 2. The molecule has 0 radical (unpaired) electrons. The standard InChI is InChI=1S/C18H14N2O3/c1-11(21)18(23)13-7-3-5-9-15(13)20(17(18)22)16-10-19-14-8-4-2-6-12(14)16/h2-10,19,23H,1H3. The number of H-pyrrole nitrogens is 1. The molecular weight excluding hydrogens is 292 g/mol. The highest BCUT2D eigenvalue weighted by atomic mass is 16.3. The minimum atomic E-state index is -2.13. The van der Waals surface area contributed by atoms with Crippen LogP contribution in [0.1, 0.15) is 12.5 Å². The average molecular weight is 306 g/mol. The second-order valence-corrected chi connectivity index (χ2v) is 5.64. The van der Waals surface area contributed by atoms with Crippen molar-refractivity contribution in [3.8, 4) is 0 Å². The molecule has 1 aromatic heterocycles. The van der Waals surface area contributed by atoms with Gasteiger partial charge in [-0.05, 0) is 19.1 Å². The fraction of sp³-hybridized carbons (Fsp3) is 0.111. The van der Waals surface area contributed by atoms with Gasteiger partial charge in [0.2, 0.25) is 5.60 Å². The largest absolute Gasteiger partial charge is 0.369 e. The molecule has 1 aliphatic heterocycles. The zero-order chi connectivity index (χ0) is 16.2. The van der Waals surface area contributed by atoms with E-state index in [2.05, 4.69) is 4.98 Å². The normalized spacial score (nSPS) is 20.1. The van der Waals surface area contributed by atoms with E-state index in [1.807, 2.05) is 24.3 Å². The molecule has 5 nitrogen and oxygen atoms in total. The maximum absolute atomic E-state index is 12.9. The second kappa shape index (κ2) is 4.54. The quantitative estimate of drug-likeness (QED) is 0.715. The van der Waals surface area contributed by atoms with Crippen molar-refractivity contribution >= 4 is 34.0 Å². The SMILES string of the molecule is CC(=O)C1(O)C(=O)N(c2c[nH]c3ccccc23)c2ccccc21. The minimum Gasteiger partial charge on any atom is -0.369 e. The Kier molecular flexibility index (Phi) is 2.71. The number of nitrogens with one attached hydrogen (secondary N) is 1. The molecule has 2 aromatic carbocycles. The number of aromatic amines is 1. The molecule has 0 aliphatic carbocycles. The van der Waals surface area contributed by atoms with Gasteiger partial charge in [-0.1, -0.05) is 36.4 Å². The Morgan fingerprint density at radius 2 is 1.78 bits per heavy atom. The van der Waals surface area contributed by atoms with Crippen molar-refractivity contribution in [3.63, 3.8) is 0 Å². The van der Waals surface area contributed by atoms with Gasteiger partial charge in [0.25, 0.3) is 5.91 Å². The molecule has 0 spiro atoms. The molecule has 1 amide bonds. The molecule has 5 heteroatoms. The number of anilines is 2. The predicted octanol–water partition coefficient (Wildman–Crippen LogP) is 2.62. The molecular formula is C18H14N2O3. The van der Waals surface area contributed by atoms with Gasteiger partial charge in [-0.25, -0.2) is 0 Å². The van der Waals surface area contributed by atoms with Gasteiger partial charge in [-0.3, -0.25) is 14.5 Å². The zero-order valence-electron chi connectivity index (χ0n) is 12.4. The molecule has 0 bridgehead atoms. The van der Waals surface area contributed by atoms with E-state index in [-0.39, 0.29) is 0 Å². The van der Waals surface area contributed by atoms with Crippen LogP contribution in [0.3, 0.4) is 0 Å². The molecule has 0 fully saturated rings. The number of rotatable bonds is 2. The lowest BCUT2D eigenvalue weighted by Gasteiger charge is -2.20. The van der Waals surface area contributed by atoms with Crippen molar-refractivity contribution in [2.75, 3.05) is 4.90 Å². The fourth-order valence-electron chi connectivity index (χ4n) is 3.18. The number of Topliss-reactive ketones (excluding diaryl/α,β-unsaturated/α-hetero) is 1. The van der Waals surface area contributed by atoms with E-state index >= 15 is 0 Å². The molecule has 1 aliphatic rings. The summed E-state index contributed by atoms with van der Waals surface area (Å²) in [6.45, 7) is 1.23. The van der Waals surface area contributed by atoms with Gasteiger partial charge < -0.3 is 10.1 Å². The first kappa shape index (κ1) is 13.7. The number of hydrogen-bond donors (Lipinski definition) is 2. The molecule has 2 heterocycles. The maximum atomic E-state index is 12.9. The molecule has 1 unspecified atom stereocenters. The Hall–Kier alpha value is -2.92. The number of fused-ring (bicyclic) bond motifs is 2. The predicted molar refractivity (Wildman–Crippen MR) is 86.5 cm³/mol. The third-order valence-electron chi connectivity index (χ3n) is 4.37. The summed E-state index contributed by atoms with van der Waals surface area (Å²) in [5, 5.41) is 11.6. The molecule has 4 rings (SSSR count). The number of nitrogens with zero attached hydrogens (tertiary/aromatic N) is 1. The average Bonchev–Trinajstić information content (AvgIpc) is 3.07. The van der Waals surface area contributed by atoms with Crippen LogP contribution >= 0.6 is 0 Å². The lowest BCUT2D eigenvalue weighted by Crippen LogP contribution is -2.43. The minimum absolute atomic E-state index is 0.322. The molecule has 0 saturated heterocycles. The van der Waals surface area contributed by atoms with E-state index in [1.165, 1.54) is 11.8 Å². The van der Waals surface area contributed by atoms with E-state index < -0.39 is 17.3 Å². The summed E-state index contributed by atoms with van der Waals surface area (Å²) < 4.78 is 0. The Balaban J connectivity index is 2.00. The smallest absolute Gasteiger partial charge is 0.276 e. The summed E-state index contributed by atoms with van der Waals surface area (Å²) in [6, 6.07) is 14.4. The third-order valence-corrected chi connectivity index (χ3v) is 4.37. The summed E-state index contributed by atoms with van der Waals surface area (Å²) in [5.74, 6) is -1.23. The van der Waals surface area contributed by atoms with E-state index in [0.29, 0.717) is 16.9 Å². The molecule has 23 heavy (non-hydrogen) atoms. The van der Waals surface area contributed by atoms with Crippen molar-refractivity contribution in [3.05, 3.63) is 60.3 Å². The van der Waals surface area contributed by atoms with Crippen molar-refractivity contribution in [1.82, 2.24) is 4.98 Å². The monoisotopic (exact) mass is 306 g/mol. The number of carbonyl (C=O) groups is 2. The number of ketones is 1. The second-order valence-electron chi connectivity index (χ2n) is 5.64. The highest BCUT2D eigenvalue weighted by Gasteiger charge is 2.54. The summed E-state index contributed by atoms with van der Waals surface area (Å²) in [6.07, 6.45) is 1.71. The highest BCUT2D eigenvalue weighted by molar-refractivity contribution is 6.24. The van der Waals surface area contributed by atoms with Crippen molar-refractivity contribution in [1.29, 1.82) is 0 Å². The van der Waals surface area contributed by atoms with Crippen LogP contribution < -0.4 is 4.90 Å². The van der Waals surface area contributed by atoms with Gasteiger partial charge in [0.15, 0.2) is 5.78 Å². The Morgan fingerprint density at radius 3 is 2.57 bits per heavy atom. The highest BCUT2D eigenvalue weighted by Crippen LogP contribution is 2.46. The number of para-hydroxylation sites is 2. The summed E-state index contributed by atoms with van der Waals surface area (Å²) in [7, 11) is 0. The summed E-state index contributed by atoms with van der Waals surface area (Å²) in [5.41, 5.74) is 0.221. The Morgan fingerprint density at radius 1 is 1.09 bits per heavy atom. The van der Waals surface area contributed by atoms with E-state index in [1.54, 1.807) is 30.5 Å². The van der Waals surface area contributed by atoms with Crippen LogP contribution in [0.2, 0.25) is 0 Å². The summed E-state index contributed by atoms with van der Waals surface area (Å²) >= 11 is 0. The van der Waals surface area contributed by atoms with Gasteiger partial charge in [-0.2, -0.15) is 0 Å². The van der Waals surface area contributed by atoms with Crippen LogP contribution in [0.5, 0.6) is 0 Å². The van der Waals surface area contributed by atoms with Gasteiger partial charge >= 0.3 is 0 Å². The van der Waals surface area contributed by atoms with Crippen molar-refractivity contribution in [2.24, 2.45) is 0 Å². The van der Waals surface area contributed by atoms with Crippen LogP contribution in [-0.2, 0) is 15.2 Å². The molecule has 3 aromatic rings. The number of aromatic nitrogens is 1. The van der Waals surface area contributed by atoms with Gasteiger partial charge in [-0.15, -0.1) is 0 Å². The molecule has 114 valence electrons. The van der Waals surface area contributed by atoms with Crippen molar-refractivity contribution in [2.45, 2.75) is 12.5 Å². The van der Waals surface area contributed by atoms with Gasteiger partial charge in [0.05, 0.1) is 11.4 Å². The maximum Gasteiger partial charge on any atom is 0.276 e. The molecule has 2 N–H and O–H groups in total. The number of carbonyl (C=O) groups excluding carboxylic acids is 2. The Bertz CT molecular complexity index is 960. The zero-order valence-corrected chi connectivity index (χ0v) is 12.4. The first-order chi connectivity index (χ1) is 11.0. The fourth-order valence-corrected chi connectivity index (χ4v) is 3.18. The molecule has 0 saturated carbocycles. The first-order valence-electron chi connectivity index (χ1n) is 7.28. The lowest BCUT2D eigenvalue weighted by atomic mass is 9.92. The molecule has 1 atom stereocenters. The number of amides is 1. The van der Waals surface area contributed by atoms with Crippen LogP contribution in [0.25, 0.3) is 10.9 Å². The van der Waals surface area contributed by atoms with Gasteiger partial charge in [0.1, 0.15) is 0 Å². The van der Waals surface area contributed by atoms with Crippen LogP contribution in [0.15, 0.2) is 54.7 Å². The lowest BCUT2D eigenvalue weighted by molar-refractivity contribution is -0.148. The Labute approximate surface area is 132 Å². The topological polar surface area (TPSA) is 73.4 Å². The van der Waals surface area contributed by atoms with E-state index in [9.17, 15) is 14.7 Å². The van der Waals surface area contributed by atoms with Crippen LogP contribution in [0.4, 0.5) is 11.4 Å². The van der Waals surface area contributed by atoms with Crippen LogP contribution in [-0.4, -0.2) is 21.8 Å². The van der Waals surface area contributed by atoms with Gasteiger partial charge in [0, 0.05) is 22.7 Å².